The molecule has 0 aromatic rings. The molecule has 73 heavy (non-hydrogen) atoms. The summed E-state index contributed by atoms with van der Waals surface area (Å²) in [5.74, 6) is -0.919. The van der Waals surface area contributed by atoms with Gasteiger partial charge >= 0.3 is 17.9 Å². The van der Waals surface area contributed by atoms with E-state index >= 15 is 0 Å². The van der Waals surface area contributed by atoms with Gasteiger partial charge in [-0.25, -0.2) is 0 Å². The van der Waals surface area contributed by atoms with Crippen molar-refractivity contribution < 1.29 is 28.6 Å². The Morgan fingerprint density at radius 3 is 0.836 bits per heavy atom. The van der Waals surface area contributed by atoms with Crippen LogP contribution in [0.25, 0.3) is 0 Å². The molecule has 1 atom stereocenters. The smallest absolute Gasteiger partial charge is 0.306 e. The summed E-state index contributed by atoms with van der Waals surface area (Å²) in [6, 6.07) is 0. The summed E-state index contributed by atoms with van der Waals surface area (Å²) in [7, 11) is 0. The van der Waals surface area contributed by atoms with Crippen LogP contribution in [-0.4, -0.2) is 37.2 Å². The summed E-state index contributed by atoms with van der Waals surface area (Å²) < 4.78 is 16.9. The summed E-state index contributed by atoms with van der Waals surface area (Å²) in [4.78, 5) is 38.3. The number of allylic oxidation sites excluding steroid dienone is 8. The van der Waals surface area contributed by atoms with Crippen molar-refractivity contribution in [2.45, 2.75) is 348 Å². The highest BCUT2D eigenvalue weighted by Crippen LogP contribution is 2.17. The van der Waals surface area contributed by atoms with Crippen LogP contribution in [0.2, 0.25) is 0 Å². The monoisotopic (exact) mass is 1020 g/mol. The normalized spacial score (nSPS) is 12.3. The van der Waals surface area contributed by atoms with Crippen molar-refractivity contribution in [3.63, 3.8) is 0 Å². The Labute approximate surface area is 454 Å². The van der Waals surface area contributed by atoms with Crippen LogP contribution in [-0.2, 0) is 28.6 Å². The van der Waals surface area contributed by atoms with Crippen molar-refractivity contribution in [1.82, 2.24) is 0 Å². The summed E-state index contributed by atoms with van der Waals surface area (Å²) in [5.41, 5.74) is 0. The average Bonchev–Trinajstić information content (AvgIpc) is 3.39. The molecule has 0 N–H and O–H groups in total. The van der Waals surface area contributed by atoms with Crippen molar-refractivity contribution in [3.05, 3.63) is 48.6 Å². The molecule has 0 aliphatic heterocycles. The lowest BCUT2D eigenvalue weighted by atomic mass is 10.0. The quantitative estimate of drug-likeness (QED) is 0.0261. The van der Waals surface area contributed by atoms with Gasteiger partial charge in [0, 0.05) is 19.3 Å². The zero-order valence-electron chi connectivity index (χ0n) is 48.9. The minimum absolute atomic E-state index is 0.0853. The summed E-state index contributed by atoms with van der Waals surface area (Å²) in [5, 5.41) is 0. The van der Waals surface area contributed by atoms with Gasteiger partial charge in [-0.05, 0) is 77.0 Å². The second kappa shape index (κ2) is 61.9. The van der Waals surface area contributed by atoms with Crippen LogP contribution in [0.4, 0.5) is 0 Å². The molecule has 6 nitrogen and oxygen atoms in total. The van der Waals surface area contributed by atoms with Gasteiger partial charge in [0.1, 0.15) is 13.2 Å². The number of ether oxygens (including phenoxy) is 3. The highest BCUT2D eigenvalue weighted by atomic mass is 16.6. The SMILES string of the molecule is CCCCCCCC/C=C\C/C=C\C/C=C\CCCC(=O)OC[C@@H](COC(=O)CCCCCCCCCCCCC/C=C\CCCCCCCC)OC(=O)CCCCCCCCCCCCCCCCCCC. The van der Waals surface area contributed by atoms with E-state index in [1.165, 1.54) is 238 Å². The molecule has 0 rings (SSSR count). The zero-order chi connectivity index (χ0) is 52.9. The largest absolute Gasteiger partial charge is 0.462 e. The van der Waals surface area contributed by atoms with Gasteiger partial charge in [-0.2, -0.15) is 0 Å². The molecule has 0 fully saturated rings. The van der Waals surface area contributed by atoms with Crippen LogP contribution in [0.1, 0.15) is 342 Å². The van der Waals surface area contributed by atoms with Crippen LogP contribution < -0.4 is 0 Å². The van der Waals surface area contributed by atoms with Crippen molar-refractivity contribution in [3.8, 4) is 0 Å². The molecule has 0 aliphatic carbocycles. The third-order valence-corrected chi connectivity index (χ3v) is 14.3. The number of rotatable bonds is 59. The van der Waals surface area contributed by atoms with Gasteiger partial charge < -0.3 is 14.2 Å². The van der Waals surface area contributed by atoms with Crippen LogP contribution >= 0.6 is 0 Å². The number of hydrogen-bond donors (Lipinski definition) is 0. The van der Waals surface area contributed by atoms with Gasteiger partial charge in [0.2, 0.25) is 0 Å². The minimum atomic E-state index is -0.792. The number of esters is 3. The van der Waals surface area contributed by atoms with Crippen LogP contribution in [0.5, 0.6) is 0 Å². The lowest BCUT2D eigenvalue weighted by Gasteiger charge is -2.18. The molecule has 0 radical (unpaired) electrons. The molecule has 0 bridgehead atoms. The van der Waals surface area contributed by atoms with E-state index in [-0.39, 0.29) is 31.1 Å². The molecule has 0 aromatic heterocycles. The van der Waals surface area contributed by atoms with Crippen molar-refractivity contribution in [1.29, 1.82) is 0 Å². The molecule has 0 saturated carbocycles. The molecular weight excluding hydrogens is 901 g/mol. The molecule has 0 amide bonds. The maximum absolute atomic E-state index is 12.9. The number of carbonyl (C=O) groups is 3. The van der Waals surface area contributed by atoms with Gasteiger partial charge in [-0.15, -0.1) is 0 Å². The van der Waals surface area contributed by atoms with E-state index < -0.39 is 6.10 Å². The van der Waals surface area contributed by atoms with E-state index in [4.69, 9.17) is 14.2 Å². The third-order valence-electron chi connectivity index (χ3n) is 14.3. The van der Waals surface area contributed by atoms with Gasteiger partial charge in [-0.1, -0.05) is 294 Å². The predicted molar refractivity (Wildman–Crippen MR) is 316 cm³/mol. The maximum Gasteiger partial charge on any atom is 0.306 e. The Kier molecular flexibility index (Phi) is 59.7. The molecule has 0 spiro atoms. The van der Waals surface area contributed by atoms with Gasteiger partial charge in [0.05, 0.1) is 0 Å². The Balaban J connectivity index is 4.38. The highest BCUT2D eigenvalue weighted by molar-refractivity contribution is 5.71. The Morgan fingerprint density at radius 1 is 0.274 bits per heavy atom. The molecule has 0 aliphatic rings. The first-order valence-corrected chi connectivity index (χ1v) is 32.1. The second-order valence-corrected chi connectivity index (χ2v) is 21.7. The van der Waals surface area contributed by atoms with Gasteiger partial charge in [-0.3, -0.25) is 14.4 Å². The fraction of sp³-hybridized carbons (Fsp3) is 0.836. The molecule has 0 unspecified atom stereocenters. The number of hydrogen-bond acceptors (Lipinski definition) is 6. The van der Waals surface area contributed by atoms with Crippen molar-refractivity contribution in [2.24, 2.45) is 0 Å². The maximum atomic E-state index is 12.9. The number of carbonyl (C=O) groups excluding carboxylic acids is 3. The zero-order valence-corrected chi connectivity index (χ0v) is 48.9. The summed E-state index contributed by atoms with van der Waals surface area (Å²) in [6.45, 7) is 6.64. The topological polar surface area (TPSA) is 78.9 Å². The minimum Gasteiger partial charge on any atom is -0.462 e. The second-order valence-electron chi connectivity index (χ2n) is 21.7. The van der Waals surface area contributed by atoms with Crippen molar-refractivity contribution >= 4 is 17.9 Å². The summed E-state index contributed by atoms with van der Waals surface area (Å²) in [6.07, 6.45) is 76.9. The first-order valence-electron chi connectivity index (χ1n) is 32.1. The van der Waals surface area contributed by atoms with E-state index in [1.807, 2.05) is 0 Å². The van der Waals surface area contributed by atoms with E-state index in [1.54, 1.807) is 0 Å². The van der Waals surface area contributed by atoms with E-state index in [0.717, 1.165) is 57.8 Å². The molecule has 426 valence electrons. The Bertz CT molecular complexity index is 1270. The standard InChI is InChI=1S/C67H122O6/c1-4-7-10-13-16-19-22-25-28-31-32-33-34-37-39-42-45-48-51-54-57-60-66(69)72-63-64(73-67(70)61-58-55-52-49-46-43-40-36-30-27-24-21-18-15-12-9-6-3)62-71-65(68)59-56-53-50-47-44-41-38-35-29-26-23-20-17-14-11-8-5-2/h25-26,28-29,38,41,47,50,64H,4-24,27,30-37,39-40,42-46,48-49,51-63H2,1-3H3/b28-25-,29-26-,41-38-,50-47-/t64-/m0/s1. The lowest BCUT2D eigenvalue weighted by Crippen LogP contribution is -2.30. The van der Waals surface area contributed by atoms with Crippen molar-refractivity contribution in [2.75, 3.05) is 13.2 Å². The molecule has 0 aromatic carbocycles. The fourth-order valence-corrected chi connectivity index (χ4v) is 9.46. The van der Waals surface area contributed by atoms with E-state index in [0.29, 0.717) is 25.7 Å². The Morgan fingerprint density at radius 2 is 0.507 bits per heavy atom. The van der Waals surface area contributed by atoms with Crippen LogP contribution in [0.3, 0.4) is 0 Å². The van der Waals surface area contributed by atoms with Gasteiger partial charge in [0.25, 0.3) is 0 Å². The van der Waals surface area contributed by atoms with Gasteiger partial charge in [0.15, 0.2) is 6.10 Å². The van der Waals surface area contributed by atoms with Crippen LogP contribution in [0.15, 0.2) is 48.6 Å². The molecule has 6 heteroatoms. The first-order chi connectivity index (χ1) is 36.0. The predicted octanol–water partition coefficient (Wildman–Crippen LogP) is 21.8. The first kappa shape index (κ1) is 70.4. The third kappa shape index (κ3) is 60.1. The Hall–Kier alpha value is -2.63. The fourth-order valence-electron chi connectivity index (χ4n) is 9.46. The average molecular weight is 1020 g/mol. The molecular formula is C67H122O6. The van der Waals surface area contributed by atoms with Crippen LogP contribution in [0, 0.1) is 0 Å². The van der Waals surface area contributed by atoms with E-state index in [9.17, 15) is 14.4 Å². The summed E-state index contributed by atoms with van der Waals surface area (Å²) >= 11 is 0. The molecule has 0 saturated heterocycles. The lowest BCUT2D eigenvalue weighted by molar-refractivity contribution is -0.167. The molecule has 0 heterocycles. The highest BCUT2D eigenvalue weighted by Gasteiger charge is 2.19. The number of unbranched alkanes of at least 4 members (excludes halogenated alkanes) is 40. The van der Waals surface area contributed by atoms with E-state index in [2.05, 4.69) is 69.4 Å².